The molecule has 1 aromatic heterocycles. The number of fused-ring (bicyclic) bond motifs is 1. The molecule has 0 spiro atoms. The van der Waals surface area contributed by atoms with E-state index >= 15 is 0 Å². The van der Waals surface area contributed by atoms with E-state index < -0.39 is 0 Å². The van der Waals surface area contributed by atoms with Crippen molar-refractivity contribution in [3.63, 3.8) is 0 Å². The van der Waals surface area contributed by atoms with Crippen LogP contribution in [0.2, 0.25) is 5.02 Å². The number of halogens is 1. The molecule has 3 nitrogen and oxygen atoms in total. The van der Waals surface area contributed by atoms with Crippen molar-refractivity contribution in [3.05, 3.63) is 53.2 Å². The highest BCUT2D eigenvalue weighted by atomic mass is 35.5. The number of ether oxygens (including phenoxy) is 1. The van der Waals surface area contributed by atoms with E-state index in [1.165, 1.54) is 0 Å². The van der Waals surface area contributed by atoms with Gasteiger partial charge in [0.25, 0.3) is 0 Å². The van der Waals surface area contributed by atoms with Gasteiger partial charge in [0, 0.05) is 17.8 Å². The third-order valence-corrected chi connectivity index (χ3v) is 4.77. The van der Waals surface area contributed by atoms with E-state index in [-0.39, 0.29) is 11.3 Å². The Bertz CT molecular complexity index is 593. The van der Waals surface area contributed by atoms with Crippen LogP contribution in [0.25, 0.3) is 0 Å². The van der Waals surface area contributed by atoms with Crippen molar-refractivity contribution in [1.29, 1.82) is 0 Å². The number of aromatic nitrogens is 1. The van der Waals surface area contributed by atoms with Crippen LogP contribution in [0.1, 0.15) is 11.6 Å². The van der Waals surface area contributed by atoms with E-state index in [0.29, 0.717) is 11.6 Å². The van der Waals surface area contributed by atoms with E-state index in [4.69, 9.17) is 22.1 Å². The molecule has 0 bridgehead atoms. The zero-order chi connectivity index (χ0) is 13.2. The molecule has 98 valence electrons. The first kappa shape index (κ1) is 12.8. The largest absolute Gasteiger partial charge is 0.492 e. The lowest BCUT2D eigenvalue weighted by atomic mass is 10.0. The first-order valence-corrected chi connectivity index (χ1v) is 7.26. The number of pyridine rings is 1. The minimum Gasteiger partial charge on any atom is -0.492 e. The van der Waals surface area contributed by atoms with Crippen LogP contribution in [0.4, 0.5) is 0 Å². The van der Waals surface area contributed by atoms with Crippen LogP contribution in [-0.4, -0.2) is 16.8 Å². The molecule has 0 radical (unpaired) electrons. The smallest absolute Gasteiger partial charge is 0.124 e. The Morgan fingerprint density at radius 1 is 1.26 bits per heavy atom. The van der Waals surface area contributed by atoms with Gasteiger partial charge in [-0.1, -0.05) is 41.6 Å². The Kier molecular flexibility index (Phi) is 3.64. The summed E-state index contributed by atoms with van der Waals surface area (Å²) in [6.45, 7) is 0.565. The van der Waals surface area contributed by atoms with Crippen LogP contribution < -0.4 is 10.5 Å². The quantitative estimate of drug-likeness (QED) is 0.923. The number of nitrogens with two attached hydrogens (primary N) is 1. The summed E-state index contributed by atoms with van der Waals surface area (Å²) in [7, 11) is 0. The van der Waals surface area contributed by atoms with Crippen molar-refractivity contribution >= 4 is 23.4 Å². The number of benzene rings is 1. The molecular weight excluding hydrogens is 280 g/mol. The highest BCUT2D eigenvalue weighted by Gasteiger charge is 2.29. The molecular formula is C14H13ClN2OS. The Balaban J connectivity index is 1.83. The van der Waals surface area contributed by atoms with E-state index in [0.717, 1.165) is 16.3 Å². The lowest BCUT2D eigenvalue weighted by Crippen LogP contribution is -2.33. The molecule has 0 amide bonds. The topological polar surface area (TPSA) is 48.1 Å². The molecule has 2 heterocycles. The van der Waals surface area contributed by atoms with Crippen molar-refractivity contribution in [2.45, 2.75) is 16.3 Å². The molecule has 19 heavy (non-hydrogen) atoms. The van der Waals surface area contributed by atoms with Crippen LogP contribution in [0.5, 0.6) is 5.75 Å². The molecule has 0 saturated heterocycles. The molecule has 1 aliphatic rings. The molecule has 0 fully saturated rings. The molecule has 1 aliphatic heterocycles. The van der Waals surface area contributed by atoms with Gasteiger partial charge >= 0.3 is 0 Å². The number of para-hydroxylation sites is 1. The fourth-order valence-electron chi connectivity index (χ4n) is 2.07. The zero-order valence-corrected chi connectivity index (χ0v) is 11.7. The van der Waals surface area contributed by atoms with Crippen LogP contribution in [0.3, 0.4) is 0 Å². The van der Waals surface area contributed by atoms with Crippen LogP contribution >= 0.6 is 23.4 Å². The van der Waals surface area contributed by atoms with Crippen LogP contribution in [0.15, 0.2) is 47.6 Å². The molecule has 5 heteroatoms. The summed E-state index contributed by atoms with van der Waals surface area (Å²) in [6.07, 6.45) is 1.73. The predicted octanol–water partition coefficient (Wildman–Crippen LogP) is 3.29. The maximum Gasteiger partial charge on any atom is 0.124 e. The van der Waals surface area contributed by atoms with Gasteiger partial charge < -0.3 is 10.5 Å². The van der Waals surface area contributed by atoms with Gasteiger partial charge in [-0.05, 0) is 18.2 Å². The summed E-state index contributed by atoms with van der Waals surface area (Å²) in [5, 5.41) is 1.56. The van der Waals surface area contributed by atoms with Crippen molar-refractivity contribution in [1.82, 2.24) is 4.98 Å². The summed E-state index contributed by atoms with van der Waals surface area (Å²) in [5.41, 5.74) is 7.36. The van der Waals surface area contributed by atoms with Crippen LogP contribution in [0, 0.1) is 0 Å². The molecule has 2 unspecified atom stereocenters. The first-order chi connectivity index (χ1) is 9.25. The fourth-order valence-corrected chi connectivity index (χ4v) is 3.35. The van der Waals surface area contributed by atoms with Gasteiger partial charge in [-0.2, -0.15) is 0 Å². The number of rotatable bonds is 2. The van der Waals surface area contributed by atoms with E-state index in [2.05, 4.69) is 4.98 Å². The normalized spacial score (nSPS) is 21.6. The van der Waals surface area contributed by atoms with Crippen molar-refractivity contribution in [2.24, 2.45) is 5.73 Å². The van der Waals surface area contributed by atoms with Gasteiger partial charge in [0.15, 0.2) is 0 Å². The highest BCUT2D eigenvalue weighted by Crippen LogP contribution is 2.39. The Labute approximate surface area is 121 Å². The lowest BCUT2D eigenvalue weighted by molar-refractivity contribution is 0.276. The fraction of sp³-hybridized carbons (Fsp3) is 0.214. The second-order valence-electron chi connectivity index (χ2n) is 4.32. The Morgan fingerprint density at radius 2 is 2.11 bits per heavy atom. The number of thioether (sulfide) groups is 1. The zero-order valence-electron chi connectivity index (χ0n) is 10.1. The number of hydrogen-bond donors (Lipinski definition) is 1. The van der Waals surface area contributed by atoms with Gasteiger partial charge in [-0.15, -0.1) is 0 Å². The Morgan fingerprint density at radius 3 is 2.95 bits per heavy atom. The molecule has 1 aromatic carbocycles. The van der Waals surface area contributed by atoms with Crippen molar-refractivity contribution in [3.8, 4) is 5.75 Å². The third kappa shape index (κ3) is 2.56. The first-order valence-electron chi connectivity index (χ1n) is 6.00. The molecule has 3 rings (SSSR count). The Hall–Kier alpha value is -1.23. The number of nitrogens with zero attached hydrogens (tertiary/aromatic N) is 1. The van der Waals surface area contributed by atoms with Gasteiger partial charge in [-0.3, -0.25) is 0 Å². The van der Waals surface area contributed by atoms with Gasteiger partial charge in [-0.25, -0.2) is 4.98 Å². The molecule has 0 saturated carbocycles. The molecule has 2 N–H and O–H groups in total. The second-order valence-corrected chi connectivity index (χ2v) is 5.96. The van der Waals surface area contributed by atoms with E-state index in [1.54, 1.807) is 18.0 Å². The summed E-state index contributed by atoms with van der Waals surface area (Å²) in [5.74, 6) is 0.874. The maximum absolute atomic E-state index is 6.32. The highest BCUT2D eigenvalue weighted by molar-refractivity contribution is 8.00. The average molecular weight is 293 g/mol. The SMILES string of the molecule is NC1c2ccccc2OCC1Sc1ncccc1Cl. The second kappa shape index (κ2) is 5.41. The van der Waals surface area contributed by atoms with E-state index in [1.807, 2.05) is 36.4 Å². The minimum absolute atomic E-state index is 0.0759. The van der Waals surface area contributed by atoms with Gasteiger partial charge in [0.05, 0.1) is 10.3 Å². The summed E-state index contributed by atoms with van der Waals surface area (Å²) in [4.78, 5) is 4.28. The number of hydrogen-bond acceptors (Lipinski definition) is 4. The molecule has 2 atom stereocenters. The monoisotopic (exact) mass is 292 g/mol. The van der Waals surface area contributed by atoms with Crippen molar-refractivity contribution in [2.75, 3.05) is 6.61 Å². The third-order valence-electron chi connectivity index (χ3n) is 3.07. The minimum atomic E-state index is -0.0759. The maximum atomic E-state index is 6.32. The van der Waals surface area contributed by atoms with Gasteiger partial charge in [0.1, 0.15) is 17.4 Å². The lowest BCUT2D eigenvalue weighted by Gasteiger charge is -2.30. The van der Waals surface area contributed by atoms with Crippen LogP contribution in [-0.2, 0) is 0 Å². The summed E-state index contributed by atoms with van der Waals surface area (Å²) >= 11 is 7.70. The van der Waals surface area contributed by atoms with Gasteiger partial charge in [0.2, 0.25) is 0 Å². The summed E-state index contributed by atoms with van der Waals surface area (Å²) < 4.78 is 5.75. The van der Waals surface area contributed by atoms with E-state index in [9.17, 15) is 0 Å². The predicted molar refractivity (Wildman–Crippen MR) is 77.8 cm³/mol. The summed E-state index contributed by atoms with van der Waals surface area (Å²) in [6, 6.07) is 11.5. The van der Waals surface area contributed by atoms with Crippen molar-refractivity contribution < 1.29 is 4.74 Å². The standard InChI is InChI=1S/C14H13ClN2OS/c15-10-5-3-7-17-14(10)19-12-8-18-11-6-2-1-4-9(11)13(12)16/h1-7,12-13H,8,16H2. The average Bonchev–Trinajstić information content (AvgIpc) is 2.44. The molecule has 0 aliphatic carbocycles. The molecule has 2 aromatic rings.